The second-order valence-corrected chi connectivity index (χ2v) is 18.1. The zero-order valence-electron chi connectivity index (χ0n) is 43.2. The molecule has 0 fully saturated rings. The van der Waals surface area contributed by atoms with E-state index in [-0.39, 0.29) is 31.1 Å². The van der Waals surface area contributed by atoms with E-state index in [0.717, 1.165) is 109 Å². The van der Waals surface area contributed by atoms with E-state index in [2.05, 4.69) is 106 Å². The van der Waals surface area contributed by atoms with Crippen molar-refractivity contribution in [3.63, 3.8) is 0 Å². The van der Waals surface area contributed by atoms with Crippen molar-refractivity contribution in [2.45, 2.75) is 264 Å². The van der Waals surface area contributed by atoms with Crippen LogP contribution in [0.3, 0.4) is 0 Å². The zero-order chi connectivity index (χ0) is 47.9. The molecule has 0 rings (SSSR count). The highest BCUT2D eigenvalue weighted by molar-refractivity contribution is 5.71. The predicted octanol–water partition coefficient (Wildman–Crippen LogP) is 18.4. The molecule has 0 amide bonds. The second-order valence-electron chi connectivity index (χ2n) is 18.1. The molecule has 0 heterocycles. The van der Waals surface area contributed by atoms with E-state index in [1.165, 1.54) is 109 Å². The lowest BCUT2D eigenvalue weighted by Crippen LogP contribution is -2.30. The molecule has 0 aliphatic heterocycles. The molecule has 0 N–H and O–H groups in total. The summed E-state index contributed by atoms with van der Waals surface area (Å²) < 4.78 is 16.8. The van der Waals surface area contributed by atoms with Gasteiger partial charge >= 0.3 is 17.9 Å². The third-order valence-corrected chi connectivity index (χ3v) is 11.6. The second kappa shape index (κ2) is 54.2. The van der Waals surface area contributed by atoms with Crippen LogP contribution in [0.25, 0.3) is 0 Å². The molecule has 0 aliphatic rings. The van der Waals surface area contributed by atoms with Gasteiger partial charge in [0.05, 0.1) is 0 Å². The average molecular weight is 919 g/mol. The molecule has 0 radical (unpaired) electrons. The fourth-order valence-corrected chi connectivity index (χ4v) is 7.47. The normalized spacial score (nSPS) is 12.7. The van der Waals surface area contributed by atoms with Crippen molar-refractivity contribution in [3.8, 4) is 0 Å². The minimum atomic E-state index is -0.788. The topological polar surface area (TPSA) is 78.9 Å². The number of rotatable bonds is 49. The Morgan fingerprint density at radius 3 is 1.00 bits per heavy atom. The molecule has 0 aromatic carbocycles. The van der Waals surface area contributed by atoms with Crippen molar-refractivity contribution < 1.29 is 28.6 Å². The summed E-state index contributed by atoms with van der Waals surface area (Å²) in [5.74, 6) is -0.914. The minimum Gasteiger partial charge on any atom is -0.462 e. The number of esters is 3. The van der Waals surface area contributed by atoms with E-state index in [4.69, 9.17) is 14.2 Å². The first-order valence-electron chi connectivity index (χ1n) is 27.6. The number of unbranched alkanes of at least 4 members (excludes halogenated alkanes) is 24. The van der Waals surface area contributed by atoms with Crippen LogP contribution in [0.2, 0.25) is 0 Å². The summed E-state index contributed by atoms with van der Waals surface area (Å²) in [7, 11) is 0. The van der Waals surface area contributed by atoms with Crippen molar-refractivity contribution in [1.29, 1.82) is 0 Å². The van der Waals surface area contributed by atoms with Gasteiger partial charge in [0, 0.05) is 19.3 Å². The largest absolute Gasteiger partial charge is 0.462 e. The van der Waals surface area contributed by atoms with Gasteiger partial charge in [-0.05, 0) is 109 Å². The molecule has 0 spiro atoms. The molecule has 66 heavy (non-hydrogen) atoms. The standard InChI is InChI=1S/C60H102O6/c1-4-7-10-13-16-19-22-24-26-28-30-32-34-36-38-41-44-47-50-53-59(62)65-56-57(55-64-58(61)52-49-46-43-40-21-18-15-12-9-6-3)66-60(63)54-51-48-45-42-39-37-35-33-31-29-27-25-23-20-17-14-11-8-5-2/h7,10,12,15-17,19-20,24-27,30,32,57H,4-6,8-9,11,13-14,18,21-23,28-29,31,33-56H2,1-3H3/b10-7-,15-12-,19-16-,20-17-,26-24-,27-25-,32-30-. The lowest BCUT2D eigenvalue weighted by atomic mass is 10.1. The van der Waals surface area contributed by atoms with Gasteiger partial charge in [-0.25, -0.2) is 0 Å². The maximum Gasteiger partial charge on any atom is 0.306 e. The fourth-order valence-electron chi connectivity index (χ4n) is 7.47. The van der Waals surface area contributed by atoms with Crippen LogP contribution in [-0.4, -0.2) is 37.2 Å². The van der Waals surface area contributed by atoms with Gasteiger partial charge in [0.1, 0.15) is 13.2 Å². The number of hydrogen-bond acceptors (Lipinski definition) is 6. The van der Waals surface area contributed by atoms with Gasteiger partial charge < -0.3 is 14.2 Å². The molecule has 6 nitrogen and oxygen atoms in total. The Morgan fingerprint density at radius 1 is 0.318 bits per heavy atom. The average Bonchev–Trinajstić information content (AvgIpc) is 3.31. The van der Waals surface area contributed by atoms with Crippen molar-refractivity contribution in [3.05, 3.63) is 85.1 Å². The van der Waals surface area contributed by atoms with E-state index in [1.54, 1.807) is 0 Å². The summed E-state index contributed by atoms with van der Waals surface area (Å²) in [6, 6.07) is 0. The van der Waals surface area contributed by atoms with Crippen LogP contribution < -0.4 is 0 Å². The number of ether oxygens (including phenoxy) is 3. The number of carbonyl (C=O) groups excluding carboxylic acids is 3. The van der Waals surface area contributed by atoms with Crippen LogP contribution in [0.1, 0.15) is 258 Å². The monoisotopic (exact) mass is 919 g/mol. The Hall–Kier alpha value is -3.41. The van der Waals surface area contributed by atoms with Gasteiger partial charge in [-0.2, -0.15) is 0 Å². The SMILES string of the molecule is CC/C=C\C/C=C\C/C=C\C/C=C\CCCCCCCCC(=O)OCC(COC(=O)CCCCCCC/C=C\CCC)OC(=O)CCCCCCCCCCC/C=C\C/C=C\CCCCC. The highest BCUT2D eigenvalue weighted by Crippen LogP contribution is 2.15. The van der Waals surface area contributed by atoms with E-state index in [0.29, 0.717) is 19.3 Å². The summed E-state index contributed by atoms with van der Waals surface area (Å²) in [6.45, 7) is 6.42. The van der Waals surface area contributed by atoms with Crippen molar-refractivity contribution in [2.75, 3.05) is 13.2 Å². The highest BCUT2D eigenvalue weighted by atomic mass is 16.6. The van der Waals surface area contributed by atoms with Crippen LogP contribution in [0, 0.1) is 0 Å². The van der Waals surface area contributed by atoms with Gasteiger partial charge in [0.2, 0.25) is 0 Å². The lowest BCUT2D eigenvalue weighted by molar-refractivity contribution is -0.167. The van der Waals surface area contributed by atoms with E-state index in [1.807, 2.05) is 0 Å². The molecule has 0 bridgehead atoms. The molecule has 0 saturated carbocycles. The fraction of sp³-hybridized carbons (Fsp3) is 0.717. The first-order chi connectivity index (χ1) is 32.5. The molecule has 1 unspecified atom stereocenters. The Kier molecular flexibility index (Phi) is 51.4. The van der Waals surface area contributed by atoms with Gasteiger partial charge in [0.15, 0.2) is 6.10 Å². The number of carbonyl (C=O) groups is 3. The Morgan fingerprint density at radius 2 is 0.621 bits per heavy atom. The van der Waals surface area contributed by atoms with Gasteiger partial charge in [-0.15, -0.1) is 0 Å². The van der Waals surface area contributed by atoms with Crippen molar-refractivity contribution in [2.24, 2.45) is 0 Å². The van der Waals surface area contributed by atoms with Crippen LogP contribution in [0.15, 0.2) is 85.1 Å². The van der Waals surface area contributed by atoms with E-state index in [9.17, 15) is 14.4 Å². The summed E-state index contributed by atoms with van der Waals surface area (Å²) >= 11 is 0. The molecule has 6 heteroatoms. The molecule has 378 valence electrons. The molecule has 0 aromatic rings. The van der Waals surface area contributed by atoms with Gasteiger partial charge in [-0.3, -0.25) is 14.4 Å². The third-order valence-electron chi connectivity index (χ3n) is 11.6. The van der Waals surface area contributed by atoms with E-state index < -0.39 is 6.10 Å². The summed E-state index contributed by atoms with van der Waals surface area (Å²) in [6.07, 6.45) is 70.0. The smallest absolute Gasteiger partial charge is 0.306 e. The molecule has 1 atom stereocenters. The molecular weight excluding hydrogens is 817 g/mol. The maximum absolute atomic E-state index is 12.8. The first kappa shape index (κ1) is 62.6. The molecular formula is C60H102O6. The van der Waals surface area contributed by atoms with Crippen molar-refractivity contribution in [1.82, 2.24) is 0 Å². The molecule has 0 aromatic heterocycles. The van der Waals surface area contributed by atoms with Gasteiger partial charge in [-0.1, -0.05) is 215 Å². The van der Waals surface area contributed by atoms with E-state index >= 15 is 0 Å². The quantitative estimate of drug-likeness (QED) is 0.0262. The molecule has 0 saturated heterocycles. The van der Waals surface area contributed by atoms with Crippen LogP contribution in [0.4, 0.5) is 0 Å². The maximum atomic E-state index is 12.8. The highest BCUT2D eigenvalue weighted by Gasteiger charge is 2.19. The van der Waals surface area contributed by atoms with Crippen LogP contribution in [0.5, 0.6) is 0 Å². The summed E-state index contributed by atoms with van der Waals surface area (Å²) in [5.41, 5.74) is 0. The number of allylic oxidation sites excluding steroid dienone is 14. The Labute approximate surface area is 407 Å². The lowest BCUT2D eigenvalue weighted by Gasteiger charge is -2.18. The first-order valence-corrected chi connectivity index (χ1v) is 27.6. The van der Waals surface area contributed by atoms with Crippen LogP contribution >= 0.6 is 0 Å². The minimum absolute atomic E-state index is 0.0876. The summed E-state index contributed by atoms with van der Waals surface area (Å²) in [4.78, 5) is 38.0. The Balaban J connectivity index is 4.36. The molecule has 0 aliphatic carbocycles. The summed E-state index contributed by atoms with van der Waals surface area (Å²) in [5, 5.41) is 0. The third kappa shape index (κ3) is 51.6. The Bertz CT molecular complexity index is 1290. The van der Waals surface area contributed by atoms with Crippen LogP contribution in [-0.2, 0) is 28.6 Å². The van der Waals surface area contributed by atoms with Gasteiger partial charge in [0.25, 0.3) is 0 Å². The van der Waals surface area contributed by atoms with Crippen molar-refractivity contribution >= 4 is 17.9 Å². The predicted molar refractivity (Wildman–Crippen MR) is 284 cm³/mol. The number of hydrogen-bond donors (Lipinski definition) is 0. The zero-order valence-corrected chi connectivity index (χ0v) is 43.2.